The Bertz CT molecular complexity index is 602. The van der Waals surface area contributed by atoms with Crippen LogP contribution in [0.25, 0.3) is 0 Å². The summed E-state index contributed by atoms with van der Waals surface area (Å²) in [6.07, 6.45) is 4.92. The number of carbonyl (C=O) groups is 1. The van der Waals surface area contributed by atoms with Gasteiger partial charge < -0.3 is 14.5 Å². The van der Waals surface area contributed by atoms with Gasteiger partial charge in [0.05, 0.1) is 5.71 Å². The van der Waals surface area contributed by atoms with Crippen molar-refractivity contribution < 1.29 is 14.4 Å². The minimum Gasteiger partial charge on any atom is -0.445 e. The van der Waals surface area contributed by atoms with Crippen LogP contribution in [0.15, 0.2) is 35.5 Å². The highest BCUT2D eigenvalue weighted by molar-refractivity contribution is 5.90. The molecule has 23 heavy (non-hydrogen) atoms. The Hall–Kier alpha value is -2.04. The maximum absolute atomic E-state index is 12.2. The molecule has 2 aliphatic heterocycles. The third-order valence-electron chi connectivity index (χ3n) is 5.05. The summed E-state index contributed by atoms with van der Waals surface area (Å²) < 4.78 is 5.41. The molecule has 0 bridgehead atoms. The minimum absolute atomic E-state index is 0.159. The summed E-state index contributed by atoms with van der Waals surface area (Å²) in [5, 5.41) is 4.30. The monoisotopic (exact) mass is 314 g/mol. The predicted molar refractivity (Wildman–Crippen MR) is 86.0 cm³/mol. The maximum atomic E-state index is 12.2. The number of oxime groups is 1. The first kappa shape index (κ1) is 14.5. The van der Waals surface area contributed by atoms with E-state index in [0.717, 1.165) is 24.8 Å². The molecular formula is C18H22N2O3. The van der Waals surface area contributed by atoms with Gasteiger partial charge in [0.2, 0.25) is 0 Å². The van der Waals surface area contributed by atoms with Crippen molar-refractivity contribution >= 4 is 11.8 Å². The Kier molecular flexibility index (Phi) is 3.71. The number of likely N-dealkylation sites (tertiary alicyclic amines) is 1. The molecule has 5 nitrogen and oxygen atoms in total. The summed E-state index contributed by atoms with van der Waals surface area (Å²) in [4.78, 5) is 19.7. The van der Waals surface area contributed by atoms with Crippen LogP contribution < -0.4 is 0 Å². The molecule has 5 heteroatoms. The molecule has 2 heterocycles. The number of ether oxygens (including phenoxy) is 1. The molecule has 3 aliphatic rings. The second-order valence-electron chi connectivity index (χ2n) is 6.84. The molecule has 2 fully saturated rings. The molecule has 1 amide bonds. The van der Waals surface area contributed by atoms with E-state index in [-0.39, 0.29) is 11.7 Å². The zero-order valence-electron chi connectivity index (χ0n) is 13.2. The topological polar surface area (TPSA) is 51.1 Å². The van der Waals surface area contributed by atoms with E-state index in [9.17, 15) is 4.79 Å². The van der Waals surface area contributed by atoms with Gasteiger partial charge in [0.15, 0.2) is 0 Å². The first-order valence-corrected chi connectivity index (χ1v) is 8.45. The van der Waals surface area contributed by atoms with E-state index in [0.29, 0.717) is 25.6 Å². The summed E-state index contributed by atoms with van der Waals surface area (Å²) in [5.41, 5.74) is 2.09. The molecule has 0 radical (unpaired) electrons. The predicted octanol–water partition coefficient (Wildman–Crippen LogP) is 3.34. The van der Waals surface area contributed by atoms with Crippen LogP contribution in [0.2, 0.25) is 0 Å². The van der Waals surface area contributed by atoms with Crippen LogP contribution >= 0.6 is 0 Å². The lowest BCUT2D eigenvalue weighted by Crippen LogP contribution is -2.47. The second-order valence-corrected chi connectivity index (χ2v) is 6.84. The van der Waals surface area contributed by atoms with Crippen LogP contribution in [0.4, 0.5) is 4.79 Å². The van der Waals surface area contributed by atoms with Crippen molar-refractivity contribution in [2.24, 2.45) is 11.1 Å². The van der Waals surface area contributed by atoms with Crippen LogP contribution in [-0.2, 0) is 16.2 Å². The molecule has 1 saturated heterocycles. The number of hydrogen-bond acceptors (Lipinski definition) is 4. The first-order chi connectivity index (χ1) is 11.2. The number of hydrogen-bond donors (Lipinski definition) is 0. The van der Waals surface area contributed by atoms with Gasteiger partial charge in [-0.2, -0.15) is 0 Å². The average molecular weight is 314 g/mol. The summed E-state index contributed by atoms with van der Waals surface area (Å²) in [7, 11) is 0. The molecule has 1 saturated carbocycles. The number of piperidine rings is 1. The van der Waals surface area contributed by atoms with E-state index in [1.54, 1.807) is 4.90 Å². The largest absolute Gasteiger partial charge is 0.445 e. The van der Waals surface area contributed by atoms with E-state index in [2.05, 4.69) is 5.16 Å². The molecular weight excluding hydrogens is 292 g/mol. The van der Waals surface area contributed by atoms with E-state index in [1.807, 2.05) is 30.3 Å². The number of rotatable bonds is 3. The van der Waals surface area contributed by atoms with Crippen LogP contribution in [0.1, 0.15) is 37.7 Å². The lowest BCUT2D eigenvalue weighted by molar-refractivity contribution is -0.0596. The van der Waals surface area contributed by atoms with Gasteiger partial charge >= 0.3 is 6.09 Å². The van der Waals surface area contributed by atoms with E-state index in [4.69, 9.17) is 9.57 Å². The smallest absolute Gasteiger partial charge is 0.410 e. The van der Waals surface area contributed by atoms with Gasteiger partial charge in [-0.3, -0.25) is 0 Å². The normalized spacial score (nSPS) is 22.6. The highest BCUT2D eigenvalue weighted by atomic mass is 16.7. The van der Waals surface area contributed by atoms with Gasteiger partial charge in [0, 0.05) is 38.3 Å². The lowest BCUT2D eigenvalue weighted by Gasteiger charge is -2.36. The molecule has 0 unspecified atom stereocenters. The molecule has 4 rings (SSSR count). The summed E-state index contributed by atoms with van der Waals surface area (Å²) in [6.45, 7) is 1.69. The van der Waals surface area contributed by atoms with Gasteiger partial charge in [-0.05, 0) is 18.4 Å². The van der Waals surface area contributed by atoms with Crippen molar-refractivity contribution in [1.29, 1.82) is 0 Å². The molecule has 1 aromatic carbocycles. The van der Waals surface area contributed by atoms with Crippen molar-refractivity contribution in [1.82, 2.24) is 4.90 Å². The van der Waals surface area contributed by atoms with Crippen molar-refractivity contribution in [2.75, 3.05) is 13.1 Å². The number of nitrogens with zero attached hydrogens (tertiary/aromatic N) is 2. The quantitative estimate of drug-likeness (QED) is 0.860. The van der Waals surface area contributed by atoms with E-state index < -0.39 is 0 Å². The van der Waals surface area contributed by atoms with Crippen LogP contribution in [0.5, 0.6) is 0 Å². The van der Waals surface area contributed by atoms with Crippen molar-refractivity contribution in [3.63, 3.8) is 0 Å². The van der Waals surface area contributed by atoms with E-state index in [1.165, 1.54) is 18.6 Å². The molecule has 1 aliphatic carbocycles. The highest BCUT2D eigenvalue weighted by Gasteiger charge is 2.46. The van der Waals surface area contributed by atoms with Crippen LogP contribution in [0.3, 0.4) is 0 Å². The zero-order valence-corrected chi connectivity index (χ0v) is 13.2. The van der Waals surface area contributed by atoms with Crippen LogP contribution in [0, 0.1) is 5.92 Å². The molecule has 122 valence electrons. The van der Waals surface area contributed by atoms with Crippen molar-refractivity contribution in [3.8, 4) is 0 Å². The molecule has 0 N–H and O–H groups in total. The maximum Gasteiger partial charge on any atom is 0.410 e. The Morgan fingerprint density at radius 3 is 2.70 bits per heavy atom. The SMILES string of the molecule is O=C(OCc1ccccc1)N1CCC2(CC1)CC(C1CC1)=NO2. The third-order valence-corrected chi connectivity index (χ3v) is 5.05. The van der Waals surface area contributed by atoms with Crippen molar-refractivity contribution in [3.05, 3.63) is 35.9 Å². The van der Waals surface area contributed by atoms with Gasteiger partial charge in [-0.15, -0.1) is 0 Å². The van der Waals surface area contributed by atoms with Crippen molar-refractivity contribution in [2.45, 2.75) is 44.3 Å². The van der Waals surface area contributed by atoms with E-state index >= 15 is 0 Å². The minimum atomic E-state index is -0.231. The average Bonchev–Trinajstić information content (AvgIpc) is 3.37. The molecule has 1 aromatic rings. The number of carbonyl (C=O) groups excluding carboxylic acids is 1. The van der Waals surface area contributed by atoms with Gasteiger partial charge in [-0.25, -0.2) is 4.79 Å². The Morgan fingerprint density at radius 2 is 2.00 bits per heavy atom. The van der Waals surface area contributed by atoms with Crippen LogP contribution in [-0.4, -0.2) is 35.4 Å². The fourth-order valence-corrected chi connectivity index (χ4v) is 3.36. The number of amides is 1. The highest BCUT2D eigenvalue weighted by Crippen LogP contribution is 2.42. The second kappa shape index (κ2) is 5.87. The van der Waals surface area contributed by atoms with Gasteiger partial charge in [-0.1, -0.05) is 35.5 Å². The molecule has 0 atom stereocenters. The van der Waals surface area contributed by atoms with Gasteiger partial charge in [0.1, 0.15) is 12.2 Å². The Morgan fingerprint density at radius 1 is 1.26 bits per heavy atom. The standard InChI is InChI=1S/C18H22N2O3/c21-17(22-13-14-4-2-1-3-5-14)20-10-8-18(9-11-20)12-16(19-23-18)15-6-7-15/h1-5,15H,6-13H2. The summed E-state index contributed by atoms with van der Waals surface area (Å²) in [5.74, 6) is 0.670. The first-order valence-electron chi connectivity index (χ1n) is 8.45. The number of benzene rings is 1. The third kappa shape index (κ3) is 3.19. The lowest BCUT2D eigenvalue weighted by atomic mass is 9.86. The summed E-state index contributed by atoms with van der Waals surface area (Å²) in [6, 6.07) is 9.77. The summed E-state index contributed by atoms with van der Waals surface area (Å²) >= 11 is 0. The fourth-order valence-electron chi connectivity index (χ4n) is 3.36. The molecule has 1 spiro atoms. The Balaban J connectivity index is 1.25. The molecule has 0 aromatic heterocycles. The zero-order chi connectivity index (χ0) is 15.7. The fraction of sp³-hybridized carbons (Fsp3) is 0.556. The Labute approximate surface area is 136 Å². The van der Waals surface area contributed by atoms with Gasteiger partial charge in [0.25, 0.3) is 0 Å².